The summed E-state index contributed by atoms with van der Waals surface area (Å²) in [5, 5.41) is 11.4. The highest BCUT2D eigenvalue weighted by molar-refractivity contribution is 7.99. The van der Waals surface area contributed by atoms with Gasteiger partial charge >= 0.3 is 0 Å². The fourth-order valence-corrected chi connectivity index (χ4v) is 2.68. The van der Waals surface area contributed by atoms with E-state index in [2.05, 4.69) is 34.6 Å². The van der Waals surface area contributed by atoms with Crippen molar-refractivity contribution >= 4 is 17.7 Å². The van der Waals surface area contributed by atoms with Crippen molar-refractivity contribution in [2.24, 2.45) is 0 Å². The Balaban J connectivity index is 1.82. The molecule has 2 aromatic rings. The number of nitrogens with zero attached hydrogens (tertiary/aromatic N) is 2. The average Bonchev–Trinajstić information content (AvgIpc) is 3.01. The van der Waals surface area contributed by atoms with Crippen molar-refractivity contribution < 1.29 is 9.21 Å². The van der Waals surface area contributed by atoms with Crippen LogP contribution in [0.25, 0.3) is 0 Å². The quantitative estimate of drug-likeness (QED) is 0.750. The van der Waals surface area contributed by atoms with E-state index in [0.717, 1.165) is 6.42 Å². The van der Waals surface area contributed by atoms with Gasteiger partial charge in [-0.15, -0.1) is 10.2 Å². The van der Waals surface area contributed by atoms with Gasteiger partial charge in [-0.25, -0.2) is 0 Å². The van der Waals surface area contributed by atoms with Gasteiger partial charge in [0.25, 0.3) is 5.22 Å². The van der Waals surface area contributed by atoms with Gasteiger partial charge in [0.05, 0.1) is 5.75 Å². The van der Waals surface area contributed by atoms with Crippen molar-refractivity contribution in [3.05, 3.63) is 41.8 Å². The standard InChI is InChI=1S/C17H23N3O2S/c1-4-13(3)18-15(21)11-23-17-20-19-16(22-17)10-12(2)14-8-6-5-7-9-14/h5-9,12-13H,4,10-11H2,1-3H3,(H,18,21). The van der Waals surface area contributed by atoms with Crippen LogP contribution < -0.4 is 5.32 Å². The van der Waals surface area contributed by atoms with E-state index in [4.69, 9.17) is 4.42 Å². The van der Waals surface area contributed by atoms with Crippen LogP contribution in [0.3, 0.4) is 0 Å². The fourth-order valence-electron chi connectivity index (χ4n) is 2.09. The SMILES string of the molecule is CCC(C)NC(=O)CSc1nnc(CC(C)c2ccccc2)o1. The van der Waals surface area contributed by atoms with Crippen LogP contribution in [0, 0.1) is 0 Å². The highest BCUT2D eigenvalue weighted by atomic mass is 32.2. The molecule has 0 aliphatic rings. The number of nitrogens with one attached hydrogen (secondary N) is 1. The van der Waals surface area contributed by atoms with Gasteiger partial charge in [0.1, 0.15) is 0 Å². The molecule has 0 aliphatic carbocycles. The topological polar surface area (TPSA) is 68.0 Å². The summed E-state index contributed by atoms with van der Waals surface area (Å²) in [6.45, 7) is 6.15. The lowest BCUT2D eigenvalue weighted by molar-refractivity contribution is -0.119. The minimum Gasteiger partial charge on any atom is -0.416 e. The van der Waals surface area contributed by atoms with E-state index < -0.39 is 0 Å². The lowest BCUT2D eigenvalue weighted by Crippen LogP contribution is -2.33. The zero-order valence-electron chi connectivity index (χ0n) is 13.8. The first-order valence-electron chi connectivity index (χ1n) is 7.88. The van der Waals surface area contributed by atoms with Crippen molar-refractivity contribution in [1.29, 1.82) is 0 Å². The summed E-state index contributed by atoms with van der Waals surface area (Å²) in [4.78, 5) is 11.7. The summed E-state index contributed by atoms with van der Waals surface area (Å²) in [5.74, 6) is 1.19. The number of amides is 1. The number of rotatable bonds is 8. The van der Waals surface area contributed by atoms with Crippen LogP contribution in [0.15, 0.2) is 40.0 Å². The van der Waals surface area contributed by atoms with Gasteiger partial charge in [-0.2, -0.15) is 0 Å². The van der Waals surface area contributed by atoms with E-state index in [0.29, 0.717) is 29.2 Å². The zero-order valence-corrected chi connectivity index (χ0v) is 14.6. The molecule has 0 fully saturated rings. The Labute approximate surface area is 141 Å². The Morgan fingerprint density at radius 1 is 1.26 bits per heavy atom. The number of hydrogen-bond acceptors (Lipinski definition) is 5. The van der Waals surface area contributed by atoms with E-state index >= 15 is 0 Å². The smallest absolute Gasteiger partial charge is 0.277 e. The van der Waals surface area contributed by atoms with Gasteiger partial charge in [-0.3, -0.25) is 4.79 Å². The average molecular weight is 333 g/mol. The third-order valence-corrected chi connectivity index (χ3v) is 4.46. The Morgan fingerprint density at radius 2 is 2.00 bits per heavy atom. The van der Waals surface area contributed by atoms with E-state index in [9.17, 15) is 4.79 Å². The van der Waals surface area contributed by atoms with Crippen molar-refractivity contribution in [3.63, 3.8) is 0 Å². The Hall–Kier alpha value is -1.82. The highest BCUT2D eigenvalue weighted by Gasteiger charge is 2.14. The summed E-state index contributed by atoms with van der Waals surface area (Å²) < 4.78 is 5.62. The third-order valence-electron chi connectivity index (χ3n) is 3.64. The Bertz CT molecular complexity index is 615. The molecule has 2 atom stereocenters. The molecule has 2 rings (SSSR count). The number of benzene rings is 1. The molecule has 1 aromatic heterocycles. The lowest BCUT2D eigenvalue weighted by atomic mass is 9.98. The number of carbonyl (C=O) groups excluding carboxylic acids is 1. The molecule has 1 amide bonds. The second-order valence-electron chi connectivity index (χ2n) is 5.64. The molecular weight excluding hydrogens is 310 g/mol. The zero-order chi connectivity index (χ0) is 16.7. The summed E-state index contributed by atoms with van der Waals surface area (Å²) >= 11 is 1.27. The van der Waals surface area contributed by atoms with Crippen LogP contribution in [0.5, 0.6) is 0 Å². The molecule has 1 aromatic carbocycles. The molecule has 0 spiro atoms. The van der Waals surface area contributed by atoms with Gasteiger partial charge < -0.3 is 9.73 Å². The van der Waals surface area contributed by atoms with Crippen LogP contribution in [0.1, 0.15) is 44.6 Å². The number of hydrogen-bond donors (Lipinski definition) is 1. The first-order chi connectivity index (χ1) is 11.1. The largest absolute Gasteiger partial charge is 0.416 e. The maximum absolute atomic E-state index is 11.7. The van der Waals surface area contributed by atoms with Crippen LogP contribution in [0.2, 0.25) is 0 Å². The summed E-state index contributed by atoms with van der Waals surface area (Å²) in [6.07, 6.45) is 1.61. The van der Waals surface area contributed by atoms with Crippen molar-refractivity contribution in [2.45, 2.75) is 50.8 Å². The minimum atomic E-state index is -0.0123. The van der Waals surface area contributed by atoms with Crippen molar-refractivity contribution in [2.75, 3.05) is 5.75 Å². The molecule has 0 radical (unpaired) electrons. The lowest BCUT2D eigenvalue weighted by Gasteiger charge is -2.10. The first-order valence-corrected chi connectivity index (χ1v) is 8.86. The molecule has 6 heteroatoms. The fraction of sp³-hybridized carbons (Fsp3) is 0.471. The highest BCUT2D eigenvalue weighted by Crippen LogP contribution is 2.22. The van der Waals surface area contributed by atoms with Crippen LogP contribution in [0.4, 0.5) is 0 Å². The van der Waals surface area contributed by atoms with Gasteiger partial charge in [-0.1, -0.05) is 55.9 Å². The van der Waals surface area contributed by atoms with Crippen molar-refractivity contribution in [1.82, 2.24) is 15.5 Å². The monoisotopic (exact) mass is 333 g/mol. The molecule has 5 nitrogen and oxygen atoms in total. The molecule has 0 bridgehead atoms. The van der Waals surface area contributed by atoms with Crippen LogP contribution in [-0.4, -0.2) is 27.9 Å². The van der Waals surface area contributed by atoms with E-state index in [1.807, 2.05) is 32.0 Å². The maximum Gasteiger partial charge on any atom is 0.277 e. The summed E-state index contributed by atoms with van der Waals surface area (Å²) in [6, 6.07) is 10.4. The van der Waals surface area contributed by atoms with E-state index in [-0.39, 0.29) is 11.9 Å². The molecule has 2 unspecified atom stereocenters. The molecular formula is C17H23N3O2S. The molecule has 124 valence electrons. The summed E-state index contributed by atoms with van der Waals surface area (Å²) in [7, 11) is 0. The Morgan fingerprint density at radius 3 is 2.70 bits per heavy atom. The third kappa shape index (κ3) is 5.71. The predicted octanol–water partition coefficient (Wildman–Crippen LogP) is 3.42. The molecule has 1 heterocycles. The molecule has 0 aliphatic heterocycles. The molecule has 1 N–H and O–H groups in total. The van der Waals surface area contributed by atoms with E-state index in [1.165, 1.54) is 17.3 Å². The second kappa shape index (κ2) is 8.72. The number of aromatic nitrogens is 2. The molecule has 23 heavy (non-hydrogen) atoms. The van der Waals surface area contributed by atoms with Gasteiger partial charge in [0, 0.05) is 12.5 Å². The van der Waals surface area contributed by atoms with Gasteiger partial charge in [-0.05, 0) is 24.8 Å². The Kier molecular flexibility index (Phi) is 6.65. The maximum atomic E-state index is 11.7. The normalized spacial score (nSPS) is 13.5. The number of thioether (sulfide) groups is 1. The van der Waals surface area contributed by atoms with E-state index in [1.54, 1.807) is 0 Å². The van der Waals surface area contributed by atoms with Gasteiger partial charge in [0.2, 0.25) is 11.8 Å². The first kappa shape index (κ1) is 17.5. The minimum absolute atomic E-state index is 0.0123. The second-order valence-corrected chi connectivity index (χ2v) is 6.57. The predicted molar refractivity (Wildman–Crippen MR) is 91.5 cm³/mol. The number of carbonyl (C=O) groups is 1. The molecule has 0 saturated heterocycles. The molecule has 0 saturated carbocycles. The summed E-state index contributed by atoms with van der Waals surface area (Å²) in [5.41, 5.74) is 1.24. The van der Waals surface area contributed by atoms with Crippen molar-refractivity contribution in [3.8, 4) is 0 Å². The van der Waals surface area contributed by atoms with Gasteiger partial charge in [0.15, 0.2) is 0 Å². The van der Waals surface area contributed by atoms with Crippen LogP contribution >= 0.6 is 11.8 Å². The van der Waals surface area contributed by atoms with Crippen LogP contribution in [-0.2, 0) is 11.2 Å².